The summed E-state index contributed by atoms with van der Waals surface area (Å²) in [6, 6.07) is 5.74. The fourth-order valence-electron chi connectivity index (χ4n) is 2.41. The van der Waals surface area contributed by atoms with Gasteiger partial charge in [0.1, 0.15) is 0 Å². The molecule has 1 aromatic rings. The van der Waals surface area contributed by atoms with Crippen LogP contribution < -0.4 is 5.32 Å². The predicted molar refractivity (Wildman–Crippen MR) is 76.0 cm³/mol. The zero-order valence-corrected chi connectivity index (χ0v) is 12.2. The number of anilines is 1. The van der Waals surface area contributed by atoms with Gasteiger partial charge < -0.3 is 10.4 Å². The Bertz CT molecular complexity index is 515. The molecular weight excluding hydrogens is 310 g/mol. The number of benzene rings is 1. The fourth-order valence-corrected chi connectivity index (χ4v) is 2.76. The van der Waals surface area contributed by atoms with Crippen molar-refractivity contribution in [3.8, 4) is 0 Å². The average molecular weight is 326 g/mol. The quantitative estimate of drug-likeness (QED) is 0.896. The van der Waals surface area contributed by atoms with Gasteiger partial charge in [0, 0.05) is 10.4 Å². The first kappa shape index (κ1) is 14.1. The maximum absolute atomic E-state index is 12.1. The van der Waals surface area contributed by atoms with Crippen LogP contribution in [0.15, 0.2) is 22.7 Å². The van der Waals surface area contributed by atoms with E-state index in [-0.39, 0.29) is 17.7 Å². The van der Waals surface area contributed by atoms with Crippen LogP contribution in [0.5, 0.6) is 0 Å². The van der Waals surface area contributed by atoms with Crippen molar-refractivity contribution in [1.82, 2.24) is 0 Å². The van der Waals surface area contributed by atoms with Crippen molar-refractivity contribution in [3.05, 3.63) is 28.2 Å². The maximum Gasteiger partial charge on any atom is 0.306 e. The third kappa shape index (κ3) is 3.35. The Labute approximate surface area is 120 Å². The van der Waals surface area contributed by atoms with E-state index < -0.39 is 5.97 Å². The van der Waals surface area contributed by atoms with Gasteiger partial charge >= 0.3 is 5.97 Å². The summed E-state index contributed by atoms with van der Waals surface area (Å²) in [5.74, 6) is -1.47. The fraction of sp³-hybridized carbons (Fsp3) is 0.429. The Kier molecular flexibility index (Phi) is 4.24. The minimum atomic E-state index is -0.799. The lowest BCUT2D eigenvalue weighted by Gasteiger charge is -2.12. The lowest BCUT2D eigenvalue weighted by molar-refractivity contribution is -0.141. The SMILES string of the molecule is Cc1ccc(Br)c(NC(=O)[C@@H]2CC[C@H](C(=O)O)C2)c1. The Morgan fingerprint density at radius 1 is 1.32 bits per heavy atom. The minimum absolute atomic E-state index is 0.0879. The summed E-state index contributed by atoms with van der Waals surface area (Å²) < 4.78 is 0.833. The number of carbonyl (C=O) groups is 2. The third-order valence-electron chi connectivity index (χ3n) is 3.53. The van der Waals surface area contributed by atoms with E-state index >= 15 is 0 Å². The second kappa shape index (κ2) is 5.74. The van der Waals surface area contributed by atoms with Crippen molar-refractivity contribution in [2.24, 2.45) is 11.8 Å². The number of aliphatic carboxylic acids is 1. The van der Waals surface area contributed by atoms with Crippen molar-refractivity contribution in [2.45, 2.75) is 26.2 Å². The average Bonchev–Trinajstić information content (AvgIpc) is 2.83. The topological polar surface area (TPSA) is 66.4 Å². The zero-order chi connectivity index (χ0) is 14.0. The molecule has 2 rings (SSSR count). The number of hydrogen-bond donors (Lipinski definition) is 2. The van der Waals surface area contributed by atoms with E-state index in [1.807, 2.05) is 25.1 Å². The van der Waals surface area contributed by atoms with Gasteiger partial charge in [0.05, 0.1) is 11.6 Å². The molecule has 2 N–H and O–H groups in total. The van der Waals surface area contributed by atoms with Crippen molar-refractivity contribution < 1.29 is 14.7 Å². The van der Waals surface area contributed by atoms with Crippen LogP contribution in [0.4, 0.5) is 5.69 Å². The second-order valence-electron chi connectivity index (χ2n) is 5.02. The molecule has 5 heteroatoms. The number of halogens is 1. The van der Waals surface area contributed by atoms with Gasteiger partial charge in [-0.3, -0.25) is 9.59 Å². The number of carbonyl (C=O) groups excluding carboxylic acids is 1. The van der Waals surface area contributed by atoms with Crippen molar-refractivity contribution in [1.29, 1.82) is 0 Å². The van der Waals surface area contributed by atoms with Gasteiger partial charge in [-0.1, -0.05) is 6.07 Å². The highest BCUT2D eigenvalue weighted by Gasteiger charge is 2.33. The molecule has 1 amide bonds. The van der Waals surface area contributed by atoms with E-state index in [0.29, 0.717) is 19.3 Å². The van der Waals surface area contributed by atoms with Gasteiger partial charge in [0.25, 0.3) is 0 Å². The lowest BCUT2D eigenvalue weighted by atomic mass is 10.0. The van der Waals surface area contributed by atoms with Crippen LogP contribution >= 0.6 is 15.9 Å². The van der Waals surface area contributed by atoms with Crippen molar-refractivity contribution >= 4 is 33.5 Å². The van der Waals surface area contributed by atoms with E-state index in [4.69, 9.17) is 5.11 Å². The molecule has 19 heavy (non-hydrogen) atoms. The second-order valence-corrected chi connectivity index (χ2v) is 5.87. The molecule has 0 heterocycles. The highest BCUT2D eigenvalue weighted by atomic mass is 79.9. The largest absolute Gasteiger partial charge is 0.481 e. The molecule has 0 bridgehead atoms. The van der Waals surface area contributed by atoms with Crippen LogP contribution in [0, 0.1) is 18.8 Å². The molecule has 1 fully saturated rings. The normalized spacial score (nSPS) is 22.2. The van der Waals surface area contributed by atoms with Gasteiger partial charge in [0.15, 0.2) is 0 Å². The number of nitrogens with one attached hydrogen (secondary N) is 1. The van der Waals surface area contributed by atoms with Crippen molar-refractivity contribution in [3.63, 3.8) is 0 Å². The number of carboxylic acid groups (broad SMARTS) is 1. The number of rotatable bonds is 3. The van der Waals surface area contributed by atoms with Crippen LogP contribution in [0.3, 0.4) is 0 Å². The maximum atomic E-state index is 12.1. The molecule has 1 aromatic carbocycles. The molecule has 1 aliphatic rings. The Hall–Kier alpha value is -1.36. The summed E-state index contributed by atoms with van der Waals surface area (Å²) in [7, 11) is 0. The first-order valence-corrected chi connectivity index (χ1v) is 7.06. The monoisotopic (exact) mass is 325 g/mol. The molecule has 4 nitrogen and oxygen atoms in total. The number of carboxylic acids is 1. The molecule has 0 radical (unpaired) electrons. The molecule has 2 atom stereocenters. The Morgan fingerprint density at radius 3 is 2.63 bits per heavy atom. The van der Waals surface area contributed by atoms with E-state index in [0.717, 1.165) is 15.7 Å². The van der Waals surface area contributed by atoms with Gasteiger partial charge in [-0.2, -0.15) is 0 Å². The number of amides is 1. The Balaban J connectivity index is 2.02. The highest BCUT2D eigenvalue weighted by molar-refractivity contribution is 9.10. The molecule has 102 valence electrons. The van der Waals surface area contributed by atoms with Crippen LogP contribution in [0.25, 0.3) is 0 Å². The van der Waals surface area contributed by atoms with Gasteiger partial charge in [-0.05, 0) is 59.8 Å². The molecule has 0 aromatic heterocycles. The molecule has 1 aliphatic carbocycles. The lowest BCUT2D eigenvalue weighted by Crippen LogP contribution is -2.22. The number of hydrogen-bond acceptors (Lipinski definition) is 2. The van der Waals surface area contributed by atoms with Crippen LogP contribution in [0.1, 0.15) is 24.8 Å². The number of aryl methyl sites for hydroxylation is 1. The van der Waals surface area contributed by atoms with E-state index in [9.17, 15) is 9.59 Å². The van der Waals surface area contributed by atoms with Crippen LogP contribution in [0.2, 0.25) is 0 Å². The third-order valence-corrected chi connectivity index (χ3v) is 4.22. The van der Waals surface area contributed by atoms with E-state index in [1.165, 1.54) is 0 Å². The highest BCUT2D eigenvalue weighted by Crippen LogP contribution is 2.32. The van der Waals surface area contributed by atoms with Gasteiger partial charge in [0.2, 0.25) is 5.91 Å². The molecule has 0 aliphatic heterocycles. The minimum Gasteiger partial charge on any atom is -0.481 e. The van der Waals surface area contributed by atoms with E-state index in [2.05, 4.69) is 21.2 Å². The first-order chi connectivity index (χ1) is 8.97. The smallest absolute Gasteiger partial charge is 0.306 e. The Morgan fingerprint density at radius 2 is 2.00 bits per heavy atom. The summed E-state index contributed by atoms with van der Waals surface area (Å²) >= 11 is 3.39. The molecule has 0 saturated heterocycles. The summed E-state index contributed by atoms with van der Waals surface area (Å²) in [6.45, 7) is 1.96. The summed E-state index contributed by atoms with van der Waals surface area (Å²) in [4.78, 5) is 23.0. The predicted octanol–water partition coefficient (Wildman–Crippen LogP) is 3.20. The van der Waals surface area contributed by atoms with Crippen molar-refractivity contribution in [2.75, 3.05) is 5.32 Å². The van der Waals surface area contributed by atoms with Crippen LogP contribution in [-0.2, 0) is 9.59 Å². The van der Waals surface area contributed by atoms with E-state index in [1.54, 1.807) is 0 Å². The zero-order valence-electron chi connectivity index (χ0n) is 10.6. The molecule has 0 unspecified atom stereocenters. The molecular formula is C14H16BrNO3. The first-order valence-electron chi connectivity index (χ1n) is 6.27. The summed E-state index contributed by atoms with van der Waals surface area (Å²) in [5, 5.41) is 11.8. The van der Waals surface area contributed by atoms with Gasteiger partial charge in [-0.15, -0.1) is 0 Å². The molecule has 1 saturated carbocycles. The van der Waals surface area contributed by atoms with Crippen LogP contribution in [-0.4, -0.2) is 17.0 Å². The summed E-state index contributed by atoms with van der Waals surface area (Å²) in [6.07, 6.45) is 1.67. The molecule has 0 spiro atoms. The van der Waals surface area contributed by atoms with Gasteiger partial charge in [-0.25, -0.2) is 0 Å². The standard InChI is InChI=1S/C14H16BrNO3/c1-8-2-5-11(15)12(6-8)16-13(17)9-3-4-10(7-9)14(18)19/h2,5-6,9-10H,3-4,7H2,1H3,(H,16,17)(H,18,19)/t9-,10+/m1/s1. The summed E-state index contributed by atoms with van der Waals surface area (Å²) in [5.41, 5.74) is 1.80.